The maximum atomic E-state index is 12.1. The van der Waals surface area contributed by atoms with E-state index in [1.165, 1.54) is 0 Å². The van der Waals surface area contributed by atoms with Crippen molar-refractivity contribution in [1.82, 2.24) is 5.32 Å². The van der Waals surface area contributed by atoms with Crippen molar-refractivity contribution in [2.45, 2.75) is 6.61 Å². The van der Waals surface area contributed by atoms with Crippen LogP contribution in [0.1, 0.15) is 15.9 Å². The van der Waals surface area contributed by atoms with E-state index in [0.29, 0.717) is 23.6 Å². The largest absolute Gasteiger partial charge is 0.497 e. The number of carbonyl (C=O) groups is 1. The van der Waals surface area contributed by atoms with Crippen LogP contribution in [0.2, 0.25) is 0 Å². The molecule has 5 heteroatoms. The lowest BCUT2D eigenvalue weighted by Crippen LogP contribution is -2.23. The molecule has 0 unspecified atom stereocenters. The third kappa shape index (κ3) is 4.52. The van der Waals surface area contributed by atoms with Gasteiger partial charge in [-0.05, 0) is 30.3 Å². The highest BCUT2D eigenvalue weighted by molar-refractivity contribution is 5.94. The minimum atomic E-state index is -0.166. The summed E-state index contributed by atoms with van der Waals surface area (Å²) in [6.45, 7) is 4.28. The van der Waals surface area contributed by atoms with Crippen LogP contribution in [-0.2, 0) is 6.61 Å². The Hall–Kier alpha value is -2.95. The predicted octanol–water partition coefficient (Wildman–Crippen LogP) is 3.20. The summed E-state index contributed by atoms with van der Waals surface area (Å²) < 4.78 is 16.3. The minimum absolute atomic E-state index is 0.166. The van der Waals surface area contributed by atoms with E-state index in [2.05, 4.69) is 11.9 Å². The van der Waals surface area contributed by atoms with E-state index in [1.807, 2.05) is 18.2 Å². The Labute approximate surface area is 141 Å². The molecule has 5 nitrogen and oxygen atoms in total. The number of hydrogen-bond donors (Lipinski definition) is 1. The van der Waals surface area contributed by atoms with E-state index >= 15 is 0 Å². The minimum Gasteiger partial charge on any atom is -0.497 e. The van der Waals surface area contributed by atoms with Gasteiger partial charge in [0, 0.05) is 23.7 Å². The van der Waals surface area contributed by atoms with Crippen LogP contribution in [0.5, 0.6) is 17.2 Å². The van der Waals surface area contributed by atoms with Gasteiger partial charge in [0.15, 0.2) is 0 Å². The Morgan fingerprint density at radius 1 is 1.12 bits per heavy atom. The first-order chi connectivity index (χ1) is 11.7. The van der Waals surface area contributed by atoms with Gasteiger partial charge in [-0.1, -0.05) is 12.1 Å². The Balaban J connectivity index is 2.14. The number of nitrogens with one attached hydrogen (secondary N) is 1. The lowest BCUT2D eigenvalue weighted by atomic mass is 10.1. The van der Waals surface area contributed by atoms with Gasteiger partial charge in [0.2, 0.25) is 0 Å². The van der Waals surface area contributed by atoms with Gasteiger partial charge in [-0.15, -0.1) is 6.58 Å². The number of hydrogen-bond acceptors (Lipinski definition) is 4. The molecule has 0 aliphatic rings. The van der Waals surface area contributed by atoms with Gasteiger partial charge in [-0.3, -0.25) is 4.79 Å². The molecule has 0 saturated heterocycles. The third-order valence-electron chi connectivity index (χ3n) is 3.39. The van der Waals surface area contributed by atoms with Crippen LogP contribution in [-0.4, -0.2) is 26.7 Å². The van der Waals surface area contributed by atoms with Crippen molar-refractivity contribution in [3.8, 4) is 17.2 Å². The molecular formula is C19H21NO4. The van der Waals surface area contributed by atoms with Crippen LogP contribution >= 0.6 is 0 Å². The van der Waals surface area contributed by atoms with E-state index in [-0.39, 0.29) is 12.5 Å². The molecule has 1 N–H and O–H groups in total. The summed E-state index contributed by atoms with van der Waals surface area (Å²) in [7, 11) is 3.19. The summed E-state index contributed by atoms with van der Waals surface area (Å²) >= 11 is 0. The Morgan fingerprint density at radius 3 is 2.62 bits per heavy atom. The average Bonchev–Trinajstić information content (AvgIpc) is 2.64. The molecular weight excluding hydrogens is 306 g/mol. The number of ether oxygens (including phenoxy) is 3. The smallest absolute Gasteiger partial charge is 0.251 e. The molecule has 0 aliphatic heterocycles. The third-order valence-corrected chi connectivity index (χ3v) is 3.39. The van der Waals surface area contributed by atoms with E-state index in [9.17, 15) is 4.79 Å². The monoisotopic (exact) mass is 327 g/mol. The second kappa shape index (κ2) is 8.62. The zero-order valence-corrected chi connectivity index (χ0v) is 13.9. The fourth-order valence-electron chi connectivity index (χ4n) is 2.15. The van der Waals surface area contributed by atoms with Crippen molar-refractivity contribution in [3.05, 3.63) is 66.2 Å². The molecule has 0 heterocycles. The highest BCUT2D eigenvalue weighted by Gasteiger charge is 2.10. The first kappa shape index (κ1) is 17.4. The number of rotatable bonds is 8. The molecule has 2 aromatic carbocycles. The van der Waals surface area contributed by atoms with Crippen molar-refractivity contribution < 1.29 is 19.0 Å². The summed E-state index contributed by atoms with van der Waals surface area (Å²) in [4.78, 5) is 12.1. The zero-order valence-electron chi connectivity index (χ0n) is 13.9. The molecule has 0 aromatic heterocycles. The molecule has 0 saturated carbocycles. The lowest BCUT2D eigenvalue weighted by molar-refractivity contribution is 0.0958. The molecule has 0 spiro atoms. The highest BCUT2D eigenvalue weighted by Crippen LogP contribution is 2.24. The van der Waals surface area contributed by atoms with Gasteiger partial charge in [0.05, 0.1) is 14.2 Å². The molecule has 2 rings (SSSR count). The van der Waals surface area contributed by atoms with Gasteiger partial charge < -0.3 is 19.5 Å². The molecule has 1 amide bonds. The number of benzene rings is 2. The van der Waals surface area contributed by atoms with Gasteiger partial charge in [-0.2, -0.15) is 0 Å². The van der Waals surface area contributed by atoms with E-state index < -0.39 is 0 Å². The van der Waals surface area contributed by atoms with Crippen molar-refractivity contribution in [2.24, 2.45) is 0 Å². The number of carbonyl (C=O) groups excluding carboxylic acids is 1. The Morgan fingerprint density at radius 2 is 1.92 bits per heavy atom. The molecule has 2 aromatic rings. The van der Waals surface area contributed by atoms with Crippen molar-refractivity contribution >= 4 is 5.91 Å². The van der Waals surface area contributed by atoms with Crippen LogP contribution in [0.15, 0.2) is 55.1 Å². The number of methoxy groups -OCH3 is 2. The first-order valence-corrected chi connectivity index (χ1v) is 7.50. The van der Waals surface area contributed by atoms with Gasteiger partial charge in [0.1, 0.15) is 23.9 Å². The number of amides is 1. The summed E-state index contributed by atoms with van der Waals surface area (Å²) in [6, 6.07) is 12.6. The predicted molar refractivity (Wildman–Crippen MR) is 92.9 cm³/mol. The van der Waals surface area contributed by atoms with Crippen LogP contribution < -0.4 is 19.5 Å². The van der Waals surface area contributed by atoms with E-state index in [1.54, 1.807) is 44.6 Å². The SMILES string of the molecule is C=CCNC(=O)c1ccc(OC)c(COc2cccc(OC)c2)c1. The molecule has 0 atom stereocenters. The normalized spacial score (nSPS) is 9.92. The summed E-state index contributed by atoms with van der Waals surface area (Å²) in [5, 5.41) is 2.75. The fraction of sp³-hybridized carbons (Fsp3) is 0.211. The molecule has 24 heavy (non-hydrogen) atoms. The Kier molecular flexibility index (Phi) is 6.25. The highest BCUT2D eigenvalue weighted by atomic mass is 16.5. The quantitative estimate of drug-likeness (QED) is 0.757. The summed E-state index contributed by atoms with van der Waals surface area (Å²) in [5.74, 6) is 1.90. The molecule has 0 bridgehead atoms. The van der Waals surface area contributed by atoms with Crippen molar-refractivity contribution in [1.29, 1.82) is 0 Å². The van der Waals surface area contributed by atoms with E-state index in [4.69, 9.17) is 14.2 Å². The van der Waals surface area contributed by atoms with Gasteiger partial charge >= 0.3 is 0 Å². The molecule has 0 fully saturated rings. The summed E-state index contributed by atoms with van der Waals surface area (Å²) in [6.07, 6.45) is 1.63. The first-order valence-electron chi connectivity index (χ1n) is 7.50. The topological polar surface area (TPSA) is 56.8 Å². The van der Waals surface area contributed by atoms with Crippen molar-refractivity contribution in [3.63, 3.8) is 0 Å². The molecule has 0 radical (unpaired) electrons. The Bertz CT molecular complexity index is 712. The lowest BCUT2D eigenvalue weighted by Gasteiger charge is -2.12. The standard InChI is InChI=1S/C19H21NO4/c1-4-10-20-19(21)14-8-9-18(23-3)15(11-14)13-24-17-7-5-6-16(12-17)22-2/h4-9,11-12H,1,10,13H2,2-3H3,(H,20,21). The van der Waals surface area contributed by atoms with Crippen LogP contribution in [0.4, 0.5) is 0 Å². The maximum absolute atomic E-state index is 12.1. The second-order valence-corrected chi connectivity index (χ2v) is 4.99. The molecule has 126 valence electrons. The van der Waals surface area contributed by atoms with Crippen LogP contribution in [0, 0.1) is 0 Å². The average molecular weight is 327 g/mol. The zero-order chi connectivity index (χ0) is 17.4. The summed E-state index contributed by atoms with van der Waals surface area (Å²) in [5.41, 5.74) is 1.33. The second-order valence-electron chi connectivity index (χ2n) is 4.99. The van der Waals surface area contributed by atoms with E-state index in [0.717, 1.165) is 11.3 Å². The fourth-order valence-corrected chi connectivity index (χ4v) is 2.15. The van der Waals surface area contributed by atoms with Gasteiger partial charge in [0.25, 0.3) is 5.91 Å². The van der Waals surface area contributed by atoms with Crippen LogP contribution in [0.25, 0.3) is 0 Å². The van der Waals surface area contributed by atoms with Gasteiger partial charge in [-0.25, -0.2) is 0 Å². The maximum Gasteiger partial charge on any atom is 0.251 e. The van der Waals surface area contributed by atoms with Crippen LogP contribution in [0.3, 0.4) is 0 Å². The molecule has 0 aliphatic carbocycles. The van der Waals surface area contributed by atoms with Crippen molar-refractivity contribution in [2.75, 3.05) is 20.8 Å².